The lowest BCUT2D eigenvalue weighted by atomic mass is 10.2. The van der Waals surface area contributed by atoms with E-state index in [4.69, 9.17) is 4.42 Å². The van der Waals surface area contributed by atoms with Gasteiger partial charge >= 0.3 is 0 Å². The molecule has 0 unspecified atom stereocenters. The van der Waals surface area contributed by atoms with Crippen LogP contribution in [-0.4, -0.2) is 9.97 Å². The molecule has 0 spiro atoms. The third kappa shape index (κ3) is 0.888. The van der Waals surface area contributed by atoms with Crippen molar-refractivity contribution in [3.05, 3.63) is 23.7 Å². The van der Waals surface area contributed by atoms with E-state index in [1.807, 2.05) is 19.9 Å². The fourth-order valence-electron chi connectivity index (χ4n) is 0.981. The van der Waals surface area contributed by atoms with Crippen molar-refractivity contribution in [2.75, 3.05) is 0 Å². The van der Waals surface area contributed by atoms with Crippen molar-refractivity contribution < 1.29 is 4.42 Å². The third-order valence-electron chi connectivity index (χ3n) is 1.77. The van der Waals surface area contributed by atoms with Crippen LogP contribution in [0.1, 0.15) is 11.3 Å². The average Bonchev–Trinajstić information content (AvgIpc) is 2.36. The molecule has 0 amide bonds. The molecule has 56 valence electrons. The van der Waals surface area contributed by atoms with Gasteiger partial charge < -0.3 is 4.42 Å². The van der Waals surface area contributed by atoms with Crippen molar-refractivity contribution in [3.63, 3.8) is 0 Å². The molecule has 3 nitrogen and oxygen atoms in total. The Morgan fingerprint density at radius 1 is 1.36 bits per heavy atom. The topological polar surface area (TPSA) is 38.9 Å². The van der Waals surface area contributed by atoms with Gasteiger partial charge in [0.2, 0.25) is 5.71 Å². The van der Waals surface area contributed by atoms with Crippen molar-refractivity contribution in [1.29, 1.82) is 0 Å². The summed E-state index contributed by atoms with van der Waals surface area (Å²) >= 11 is 0. The Labute approximate surface area is 64.1 Å². The van der Waals surface area contributed by atoms with Crippen LogP contribution in [0.15, 0.2) is 16.9 Å². The minimum absolute atomic E-state index is 0.619. The van der Waals surface area contributed by atoms with Gasteiger partial charge in [0.05, 0.1) is 0 Å². The van der Waals surface area contributed by atoms with Gasteiger partial charge in [-0.3, -0.25) is 0 Å². The van der Waals surface area contributed by atoms with E-state index in [1.54, 1.807) is 0 Å². The molecule has 0 aliphatic heterocycles. The maximum absolute atomic E-state index is 5.03. The molecule has 0 atom stereocenters. The SMILES string of the molecule is Cc1cc2ncoc2nc1C. The largest absolute Gasteiger partial charge is 0.425 e. The van der Waals surface area contributed by atoms with E-state index in [9.17, 15) is 0 Å². The number of nitrogens with zero attached hydrogens (tertiary/aromatic N) is 2. The standard InChI is InChI=1S/C8H8N2O/c1-5-3-7-8(10-6(5)2)11-4-9-7/h3-4H,1-2H3. The summed E-state index contributed by atoms with van der Waals surface area (Å²) in [6.45, 7) is 3.97. The van der Waals surface area contributed by atoms with Crippen LogP contribution in [0.3, 0.4) is 0 Å². The van der Waals surface area contributed by atoms with Crippen molar-refractivity contribution in [2.45, 2.75) is 13.8 Å². The quantitative estimate of drug-likeness (QED) is 0.572. The Morgan fingerprint density at radius 3 is 3.00 bits per heavy atom. The molecular formula is C8H8N2O. The number of hydrogen-bond acceptors (Lipinski definition) is 3. The number of fused-ring (bicyclic) bond motifs is 1. The summed E-state index contributed by atoms with van der Waals surface area (Å²) in [5.74, 6) is 0. The summed E-state index contributed by atoms with van der Waals surface area (Å²) in [5.41, 5.74) is 3.59. The second kappa shape index (κ2) is 2.05. The highest BCUT2D eigenvalue weighted by Crippen LogP contribution is 2.13. The zero-order chi connectivity index (χ0) is 7.84. The molecule has 2 heterocycles. The Morgan fingerprint density at radius 2 is 2.18 bits per heavy atom. The zero-order valence-electron chi connectivity index (χ0n) is 6.46. The van der Waals surface area contributed by atoms with Crippen molar-refractivity contribution >= 4 is 11.2 Å². The first-order chi connectivity index (χ1) is 5.27. The molecule has 0 saturated carbocycles. The fraction of sp³-hybridized carbons (Fsp3) is 0.250. The average molecular weight is 148 g/mol. The van der Waals surface area contributed by atoms with Crippen LogP contribution in [0.25, 0.3) is 11.2 Å². The summed E-state index contributed by atoms with van der Waals surface area (Å²) in [4.78, 5) is 8.20. The monoisotopic (exact) mass is 148 g/mol. The Hall–Kier alpha value is -1.38. The molecule has 11 heavy (non-hydrogen) atoms. The smallest absolute Gasteiger partial charge is 0.246 e. The maximum atomic E-state index is 5.03. The van der Waals surface area contributed by atoms with Gasteiger partial charge in [0.15, 0.2) is 6.39 Å². The Balaban J connectivity index is 2.86. The van der Waals surface area contributed by atoms with Gasteiger partial charge in [-0.05, 0) is 25.5 Å². The number of hydrogen-bond donors (Lipinski definition) is 0. The summed E-state index contributed by atoms with van der Waals surface area (Å²) in [5, 5.41) is 0. The second-order valence-corrected chi connectivity index (χ2v) is 2.57. The highest BCUT2D eigenvalue weighted by Gasteiger charge is 2.01. The first-order valence-electron chi connectivity index (χ1n) is 3.45. The van der Waals surface area contributed by atoms with Crippen LogP contribution in [0.5, 0.6) is 0 Å². The van der Waals surface area contributed by atoms with Gasteiger partial charge in [-0.2, -0.15) is 0 Å². The van der Waals surface area contributed by atoms with Gasteiger partial charge in [-0.25, -0.2) is 9.97 Å². The van der Waals surface area contributed by atoms with Gasteiger partial charge in [-0.15, -0.1) is 0 Å². The lowest BCUT2D eigenvalue weighted by molar-refractivity contribution is 0.589. The molecule has 2 aromatic heterocycles. The van der Waals surface area contributed by atoms with Crippen LogP contribution in [0, 0.1) is 13.8 Å². The Bertz CT molecular complexity index is 356. The minimum Gasteiger partial charge on any atom is -0.425 e. The number of rotatable bonds is 0. The summed E-state index contributed by atoms with van der Waals surface area (Å²) in [7, 11) is 0. The van der Waals surface area contributed by atoms with Gasteiger partial charge in [0.1, 0.15) is 5.52 Å². The molecule has 0 saturated heterocycles. The van der Waals surface area contributed by atoms with E-state index >= 15 is 0 Å². The van der Waals surface area contributed by atoms with E-state index in [0.717, 1.165) is 16.8 Å². The molecule has 2 aromatic rings. The summed E-state index contributed by atoms with van der Waals surface area (Å²) in [6, 6.07) is 1.97. The molecule has 2 rings (SSSR count). The molecule has 0 aliphatic rings. The fourth-order valence-corrected chi connectivity index (χ4v) is 0.981. The second-order valence-electron chi connectivity index (χ2n) is 2.57. The van der Waals surface area contributed by atoms with E-state index in [1.165, 1.54) is 6.39 Å². The predicted molar refractivity (Wildman–Crippen MR) is 41.3 cm³/mol. The number of aromatic nitrogens is 2. The molecule has 3 heteroatoms. The molecule has 0 aliphatic carbocycles. The Kier molecular flexibility index (Phi) is 1.18. The number of oxazole rings is 1. The highest BCUT2D eigenvalue weighted by atomic mass is 16.3. The van der Waals surface area contributed by atoms with Gasteiger partial charge in [-0.1, -0.05) is 0 Å². The van der Waals surface area contributed by atoms with E-state index in [2.05, 4.69) is 9.97 Å². The highest BCUT2D eigenvalue weighted by molar-refractivity contribution is 5.68. The number of pyridine rings is 1. The van der Waals surface area contributed by atoms with E-state index in [-0.39, 0.29) is 0 Å². The van der Waals surface area contributed by atoms with Gasteiger partial charge in [0, 0.05) is 5.69 Å². The van der Waals surface area contributed by atoms with Crippen LogP contribution in [0.4, 0.5) is 0 Å². The van der Waals surface area contributed by atoms with Crippen LogP contribution in [0.2, 0.25) is 0 Å². The molecule has 0 radical (unpaired) electrons. The van der Waals surface area contributed by atoms with Gasteiger partial charge in [0.25, 0.3) is 0 Å². The first kappa shape index (κ1) is 6.34. The predicted octanol–water partition coefficient (Wildman–Crippen LogP) is 1.84. The molecule has 0 N–H and O–H groups in total. The van der Waals surface area contributed by atoms with Crippen LogP contribution < -0.4 is 0 Å². The zero-order valence-corrected chi connectivity index (χ0v) is 6.46. The van der Waals surface area contributed by atoms with Crippen molar-refractivity contribution in [1.82, 2.24) is 9.97 Å². The van der Waals surface area contributed by atoms with Crippen molar-refractivity contribution in [2.24, 2.45) is 0 Å². The first-order valence-corrected chi connectivity index (χ1v) is 3.45. The molecule has 0 fully saturated rings. The van der Waals surface area contributed by atoms with Crippen molar-refractivity contribution in [3.8, 4) is 0 Å². The molecule has 0 aromatic carbocycles. The maximum Gasteiger partial charge on any atom is 0.246 e. The normalized spacial score (nSPS) is 10.7. The number of aryl methyl sites for hydroxylation is 2. The third-order valence-corrected chi connectivity index (χ3v) is 1.77. The summed E-state index contributed by atoms with van der Waals surface area (Å²) in [6.07, 6.45) is 1.41. The summed E-state index contributed by atoms with van der Waals surface area (Å²) < 4.78 is 5.03. The lowest BCUT2D eigenvalue weighted by Gasteiger charge is -1.94. The van der Waals surface area contributed by atoms with E-state index < -0.39 is 0 Å². The van der Waals surface area contributed by atoms with Crippen LogP contribution in [-0.2, 0) is 0 Å². The van der Waals surface area contributed by atoms with Crippen LogP contribution >= 0.6 is 0 Å². The molecular weight excluding hydrogens is 140 g/mol. The van der Waals surface area contributed by atoms with E-state index in [0.29, 0.717) is 5.71 Å². The lowest BCUT2D eigenvalue weighted by Crippen LogP contribution is -1.85. The minimum atomic E-state index is 0.619. The molecule has 0 bridgehead atoms.